The number of sulfonamides is 1. The van der Waals surface area contributed by atoms with Gasteiger partial charge in [0.05, 0.1) is 29.2 Å². The second-order valence-corrected chi connectivity index (χ2v) is 14.0. The maximum Gasteiger partial charge on any atom is 0.302 e. The van der Waals surface area contributed by atoms with Crippen molar-refractivity contribution in [1.29, 1.82) is 0 Å². The standard InChI is InChI=1S/C31H39FN4O6S/c1-21(37)41-16-17-43(39,40)34-24-2-3-26(27(19-24)36-13-9-31(7-8-31)10-14-36)30(38)33-25-18-22-6-15-42-29(22)28(20-25)35-11-4-23(32)5-12-35/h2-3,18-20,23,34H,4-17H2,1H3,(H,33,38). The van der Waals surface area contributed by atoms with Crippen molar-refractivity contribution in [2.75, 3.05) is 65.0 Å². The van der Waals surface area contributed by atoms with E-state index in [1.807, 2.05) is 12.1 Å². The summed E-state index contributed by atoms with van der Waals surface area (Å²) in [6, 6.07) is 8.79. The van der Waals surface area contributed by atoms with Crippen molar-refractivity contribution < 1.29 is 31.9 Å². The SMILES string of the molecule is CC(=O)OCCS(=O)(=O)Nc1ccc(C(=O)Nc2cc3c(c(N4CCC(F)CC4)c2)OCC3)c(N2CCC3(CC2)CC3)c1. The molecule has 2 aromatic carbocycles. The highest BCUT2D eigenvalue weighted by Gasteiger charge is 2.44. The first-order valence-corrected chi connectivity index (χ1v) is 16.8. The average Bonchev–Trinajstić information content (AvgIpc) is 3.54. The molecule has 2 aromatic rings. The molecule has 1 spiro atoms. The maximum atomic E-state index is 13.9. The summed E-state index contributed by atoms with van der Waals surface area (Å²) in [6.07, 6.45) is 5.42. The third kappa shape index (κ3) is 6.84. The number of carbonyl (C=O) groups is 2. The maximum absolute atomic E-state index is 13.9. The first kappa shape index (κ1) is 29.5. The summed E-state index contributed by atoms with van der Waals surface area (Å²) in [5.74, 6) is -0.398. The fraction of sp³-hybridized carbons (Fsp3) is 0.548. The van der Waals surface area contributed by atoms with Crippen LogP contribution < -0.4 is 24.6 Å². The minimum absolute atomic E-state index is 0.244. The van der Waals surface area contributed by atoms with Gasteiger partial charge in [0.2, 0.25) is 10.0 Å². The lowest BCUT2D eigenvalue weighted by atomic mass is 9.93. The summed E-state index contributed by atoms with van der Waals surface area (Å²) in [4.78, 5) is 29.2. The molecule has 3 fully saturated rings. The van der Waals surface area contributed by atoms with Gasteiger partial charge in [-0.1, -0.05) is 0 Å². The van der Waals surface area contributed by atoms with Gasteiger partial charge in [-0.05, 0) is 74.3 Å². The summed E-state index contributed by atoms with van der Waals surface area (Å²) in [5.41, 5.74) is 4.42. The van der Waals surface area contributed by atoms with Crippen LogP contribution in [-0.4, -0.2) is 71.6 Å². The fourth-order valence-corrected chi connectivity index (χ4v) is 7.25. The Bertz CT molecular complexity index is 1490. The van der Waals surface area contributed by atoms with Crippen molar-refractivity contribution in [2.24, 2.45) is 5.41 Å². The van der Waals surface area contributed by atoms with E-state index in [2.05, 4.69) is 19.8 Å². The normalized spacial score (nSPS) is 19.5. The van der Waals surface area contributed by atoms with Crippen LogP contribution in [0, 0.1) is 5.41 Å². The second kappa shape index (κ2) is 11.9. The van der Waals surface area contributed by atoms with Crippen molar-refractivity contribution in [3.8, 4) is 5.75 Å². The van der Waals surface area contributed by atoms with Gasteiger partial charge in [-0.3, -0.25) is 14.3 Å². The van der Waals surface area contributed by atoms with Crippen molar-refractivity contribution in [3.63, 3.8) is 0 Å². The monoisotopic (exact) mass is 614 g/mol. The largest absolute Gasteiger partial charge is 0.491 e. The third-order valence-electron chi connectivity index (χ3n) is 9.08. The molecule has 232 valence electrons. The number of carbonyl (C=O) groups excluding carboxylic acids is 2. The van der Waals surface area contributed by atoms with Gasteiger partial charge in [0.15, 0.2) is 0 Å². The minimum atomic E-state index is -3.78. The molecule has 0 radical (unpaired) electrons. The number of esters is 1. The summed E-state index contributed by atoms with van der Waals surface area (Å²) in [6.45, 7) is 4.30. The Hall–Kier alpha value is -3.54. The molecule has 43 heavy (non-hydrogen) atoms. The number of nitrogens with zero attached hydrogens (tertiary/aromatic N) is 2. The van der Waals surface area contributed by atoms with Crippen molar-refractivity contribution in [2.45, 2.75) is 58.0 Å². The topological polar surface area (TPSA) is 117 Å². The van der Waals surface area contributed by atoms with Crippen LogP contribution in [0.5, 0.6) is 5.75 Å². The second-order valence-electron chi connectivity index (χ2n) is 12.2. The zero-order valence-corrected chi connectivity index (χ0v) is 25.3. The number of rotatable bonds is 9. The number of alkyl halides is 1. The van der Waals surface area contributed by atoms with Gasteiger partial charge in [0.25, 0.3) is 5.91 Å². The van der Waals surface area contributed by atoms with E-state index in [-0.39, 0.29) is 18.3 Å². The predicted octanol–water partition coefficient (Wildman–Crippen LogP) is 4.50. The van der Waals surface area contributed by atoms with Crippen LogP contribution in [0.25, 0.3) is 0 Å². The average molecular weight is 615 g/mol. The number of hydrogen-bond donors (Lipinski definition) is 2. The molecule has 12 heteroatoms. The van der Waals surface area contributed by atoms with Crippen molar-refractivity contribution in [1.82, 2.24) is 0 Å². The Labute approximate surface area is 251 Å². The van der Waals surface area contributed by atoms with Gasteiger partial charge < -0.3 is 24.6 Å². The van der Waals surface area contributed by atoms with Crippen LogP contribution in [0.4, 0.5) is 27.1 Å². The van der Waals surface area contributed by atoms with Crippen molar-refractivity contribution in [3.05, 3.63) is 41.5 Å². The molecule has 4 aliphatic rings. The smallest absolute Gasteiger partial charge is 0.302 e. The first-order chi connectivity index (χ1) is 20.6. The van der Waals surface area contributed by atoms with E-state index in [1.165, 1.54) is 19.8 Å². The van der Waals surface area contributed by atoms with Crippen LogP contribution in [0.15, 0.2) is 30.3 Å². The summed E-state index contributed by atoms with van der Waals surface area (Å²) in [5, 5.41) is 3.08. The molecule has 0 aromatic heterocycles. The molecular weight excluding hydrogens is 575 g/mol. The highest BCUT2D eigenvalue weighted by Crippen LogP contribution is 2.54. The van der Waals surface area contributed by atoms with Gasteiger partial charge in [0, 0.05) is 50.8 Å². The molecule has 0 bridgehead atoms. The number of halogens is 1. The van der Waals surface area contributed by atoms with E-state index >= 15 is 0 Å². The number of fused-ring (bicyclic) bond motifs is 1. The Balaban J connectivity index is 1.25. The highest BCUT2D eigenvalue weighted by atomic mass is 32.2. The van der Waals surface area contributed by atoms with E-state index in [0.29, 0.717) is 60.6 Å². The van der Waals surface area contributed by atoms with Gasteiger partial charge in [0.1, 0.15) is 24.3 Å². The number of ether oxygens (including phenoxy) is 2. The van der Waals surface area contributed by atoms with E-state index in [1.54, 1.807) is 18.2 Å². The molecular formula is C31H39FN4O6S. The molecule has 3 aliphatic heterocycles. The van der Waals surface area contributed by atoms with Gasteiger partial charge in [-0.25, -0.2) is 12.8 Å². The van der Waals surface area contributed by atoms with Crippen LogP contribution in [-0.2, 0) is 26.0 Å². The molecule has 10 nitrogen and oxygen atoms in total. The van der Waals surface area contributed by atoms with E-state index in [4.69, 9.17) is 9.47 Å². The van der Waals surface area contributed by atoms with Crippen molar-refractivity contribution >= 4 is 44.6 Å². The third-order valence-corrected chi connectivity index (χ3v) is 10.3. The lowest BCUT2D eigenvalue weighted by molar-refractivity contribution is -0.140. The predicted molar refractivity (Wildman–Crippen MR) is 164 cm³/mol. The minimum Gasteiger partial charge on any atom is -0.491 e. The Morgan fingerprint density at radius 2 is 1.70 bits per heavy atom. The van der Waals surface area contributed by atoms with Crippen LogP contribution in [0.2, 0.25) is 0 Å². The summed E-state index contributed by atoms with van der Waals surface area (Å²) in [7, 11) is -3.78. The number of anilines is 4. The van der Waals surface area contributed by atoms with E-state index in [0.717, 1.165) is 49.4 Å². The number of piperidine rings is 2. The number of amides is 1. The lowest BCUT2D eigenvalue weighted by Crippen LogP contribution is -2.36. The highest BCUT2D eigenvalue weighted by molar-refractivity contribution is 7.92. The molecule has 1 aliphatic carbocycles. The quantitative estimate of drug-likeness (QED) is 0.397. The summed E-state index contributed by atoms with van der Waals surface area (Å²) >= 11 is 0. The number of nitrogens with one attached hydrogen (secondary N) is 2. The molecule has 2 N–H and O–H groups in total. The molecule has 0 atom stereocenters. The van der Waals surface area contributed by atoms with Crippen LogP contribution in [0.1, 0.15) is 61.4 Å². The van der Waals surface area contributed by atoms with Gasteiger partial charge in [-0.15, -0.1) is 0 Å². The van der Waals surface area contributed by atoms with Gasteiger partial charge in [-0.2, -0.15) is 0 Å². The van der Waals surface area contributed by atoms with Crippen LogP contribution >= 0.6 is 0 Å². The number of benzene rings is 2. The fourth-order valence-electron chi connectivity index (χ4n) is 6.36. The molecule has 3 heterocycles. The Morgan fingerprint density at radius 1 is 1.00 bits per heavy atom. The van der Waals surface area contributed by atoms with Crippen LogP contribution in [0.3, 0.4) is 0 Å². The zero-order chi connectivity index (χ0) is 30.2. The molecule has 1 amide bonds. The molecule has 6 rings (SSSR count). The van der Waals surface area contributed by atoms with E-state index < -0.39 is 22.2 Å². The number of hydrogen-bond acceptors (Lipinski definition) is 8. The lowest BCUT2D eigenvalue weighted by Gasteiger charge is -2.35. The van der Waals surface area contributed by atoms with E-state index in [9.17, 15) is 22.4 Å². The first-order valence-electron chi connectivity index (χ1n) is 15.1. The molecule has 0 unspecified atom stereocenters. The molecule has 1 saturated carbocycles. The van der Waals surface area contributed by atoms with Gasteiger partial charge >= 0.3 is 5.97 Å². The zero-order valence-electron chi connectivity index (χ0n) is 24.5. The Kier molecular flexibility index (Phi) is 8.14. The molecule has 2 saturated heterocycles. The summed E-state index contributed by atoms with van der Waals surface area (Å²) < 4.78 is 52.5. The Morgan fingerprint density at radius 3 is 2.40 bits per heavy atom.